The summed E-state index contributed by atoms with van der Waals surface area (Å²) in [5, 5.41) is 0.577. The first-order chi connectivity index (χ1) is 10.8. The molecule has 2 aromatic rings. The van der Waals surface area contributed by atoms with Crippen LogP contribution in [0.25, 0.3) is 10.9 Å². The molecule has 0 radical (unpaired) electrons. The van der Waals surface area contributed by atoms with E-state index in [1.54, 1.807) is 6.07 Å². The molecule has 3 rings (SSSR count). The van der Waals surface area contributed by atoms with Gasteiger partial charge in [0.2, 0.25) is 5.56 Å². The summed E-state index contributed by atoms with van der Waals surface area (Å²) in [5.41, 5.74) is 0.391. The third kappa shape index (κ3) is 2.97. The summed E-state index contributed by atoms with van der Waals surface area (Å²) in [6, 6.07) is 3.89. The van der Waals surface area contributed by atoms with Gasteiger partial charge in [-0.15, -0.1) is 0 Å². The second-order valence-electron chi connectivity index (χ2n) is 5.43. The Hall–Kier alpha value is -1.89. The fourth-order valence-corrected chi connectivity index (χ4v) is 3.14. The largest absolute Gasteiger partial charge is 0.488 e. The summed E-state index contributed by atoms with van der Waals surface area (Å²) < 4.78 is 44.5. The van der Waals surface area contributed by atoms with E-state index in [-0.39, 0.29) is 29.0 Å². The fourth-order valence-electron chi connectivity index (χ4n) is 2.85. The van der Waals surface area contributed by atoms with Gasteiger partial charge in [-0.3, -0.25) is 4.79 Å². The lowest BCUT2D eigenvalue weighted by molar-refractivity contribution is -0.121. The van der Waals surface area contributed by atoms with E-state index >= 15 is 0 Å². The van der Waals surface area contributed by atoms with Crippen molar-refractivity contribution in [1.29, 1.82) is 0 Å². The maximum absolute atomic E-state index is 12.9. The minimum atomic E-state index is -4.33. The number of fused-ring (bicyclic) bond motifs is 3. The van der Waals surface area contributed by atoms with Gasteiger partial charge in [0.25, 0.3) is 0 Å². The Morgan fingerprint density at radius 3 is 2.83 bits per heavy atom. The number of benzene rings is 1. The topological polar surface area (TPSA) is 45.3 Å². The van der Waals surface area contributed by atoms with Crippen molar-refractivity contribution in [1.82, 2.24) is 4.98 Å². The van der Waals surface area contributed by atoms with E-state index in [1.807, 2.05) is 6.92 Å². The zero-order chi connectivity index (χ0) is 16.8. The van der Waals surface area contributed by atoms with Gasteiger partial charge in [0.15, 0.2) is 5.75 Å². The lowest BCUT2D eigenvalue weighted by Crippen LogP contribution is -2.47. The number of pyridine rings is 1. The van der Waals surface area contributed by atoms with Gasteiger partial charge in [-0.25, -0.2) is 0 Å². The molecule has 0 fully saturated rings. The van der Waals surface area contributed by atoms with E-state index in [0.717, 1.165) is 0 Å². The first kappa shape index (κ1) is 16.0. The zero-order valence-electron chi connectivity index (χ0n) is 12.2. The first-order valence-corrected chi connectivity index (χ1v) is 7.49. The highest BCUT2D eigenvalue weighted by atomic mass is 35.5. The van der Waals surface area contributed by atoms with E-state index in [2.05, 4.69) is 4.98 Å². The SMILES string of the molecule is CC[C@@H]1COc2c(ccc3[nH]c(=O)cc(Cl)c23)N1CC(F)(F)F. The average Bonchev–Trinajstić information content (AvgIpc) is 2.45. The molecular formula is C15H14ClF3N2O2. The van der Waals surface area contributed by atoms with Crippen molar-refractivity contribution in [2.75, 3.05) is 18.1 Å². The van der Waals surface area contributed by atoms with Gasteiger partial charge in [-0.2, -0.15) is 13.2 Å². The molecule has 4 nitrogen and oxygen atoms in total. The number of anilines is 1. The number of rotatable bonds is 2. The van der Waals surface area contributed by atoms with Crippen LogP contribution in [0.3, 0.4) is 0 Å². The first-order valence-electron chi connectivity index (χ1n) is 7.12. The van der Waals surface area contributed by atoms with Crippen molar-refractivity contribution < 1.29 is 17.9 Å². The minimum Gasteiger partial charge on any atom is -0.488 e. The number of aromatic amines is 1. The van der Waals surface area contributed by atoms with Crippen molar-refractivity contribution in [3.8, 4) is 5.75 Å². The van der Waals surface area contributed by atoms with Crippen LogP contribution in [-0.2, 0) is 0 Å². The summed E-state index contributed by atoms with van der Waals surface area (Å²) in [4.78, 5) is 15.4. The van der Waals surface area contributed by atoms with Crippen molar-refractivity contribution in [3.05, 3.63) is 33.6 Å². The Balaban J connectivity index is 2.19. The Labute approximate surface area is 134 Å². The molecule has 0 saturated carbocycles. The molecule has 1 aromatic heterocycles. The molecule has 0 aliphatic carbocycles. The van der Waals surface area contributed by atoms with Crippen LogP contribution in [0.5, 0.6) is 5.75 Å². The number of hydrogen-bond acceptors (Lipinski definition) is 3. The number of halogens is 4. The second kappa shape index (κ2) is 5.63. The van der Waals surface area contributed by atoms with Crippen LogP contribution in [0.15, 0.2) is 23.0 Å². The molecule has 1 aromatic carbocycles. The number of ether oxygens (including phenoxy) is 1. The third-order valence-corrected chi connectivity index (χ3v) is 4.18. The molecule has 0 amide bonds. The molecule has 8 heteroatoms. The van der Waals surface area contributed by atoms with E-state index in [9.17, 15) is 18.0 Å². The molecule has 124 valence electrons. The molecule has 0 bridgehead atoms. The summed E-state index contributed by atoms with van der Waals surface area (Å²) in [5.74, 6) is 0.276. The van der Waals surface area contributed by atoms with Crippen LogP contribution < -0.4 is 15.2 Å². The maximum Gasteiger partial charge on any atom is 0.405 e. The highest BCUT2D eigenvalue weighted by Gasteiger charge is 2.37. The Morgan fingerprint density at radius 1 is 1.43 bits per heavy atom. The fraction of sp³-hybridized carbons (Fsp3) is 0.400. The van der Waals surface area contributed by atoms with Crippen LogP contribution in [0, 0.1) is 0 Å². The van der Waals surface area contributed by atoms with Crippen molar-refractivity contribution in [2.45, 2.75) is 25.6 Å². The predicted octanol–water partition coefficient (Wildman–Crippen LogP) is 3.72. The van der Waals surface area contributed by atoms with E-state index in [1.165, 1.54) is 17.0 Å². The highest BCUT2D eigenvalue weighted by molar-refractivity contribution is 6.36. The van der Waals surface area contributed by atoms with E-state index < -0.39 is 12.7 Å². The van der Waals surface area contributed by atoms with Crippen LogP contribution in [0.4, 0.5) is 18.9 Å². The van der Waals surface area contributed by atoms with Gasteiger partial charge < -0.3 is 14.6 Å². The summed E-state index contributed by atoms with van der Waals surface area (Å²) in [6.45, 7) is 0.885. The van der Waals surface area contributed by atoms with Gasteiger partial charge in [-0.05, 0) is 18.6 Å². The monoisotopic (exact) mass is 346 g/mol. The third-order valence-electron chi connectivity index (χ3n) is 3.88. The Morgan fingerprint density at radius 2 is 2.17 bits per heavy atom. The van der Waals surface area contributed by atoms with Gasteiger partial charge in [-0.1, -0.05) is 18.5 Å². The minimum absolute atomic E-state index is 0.133. The maximum atomic E-state index is 12.9. The normalized spacial score (nSPS) is 18.0. The molecule has 1 aliphatic rings. The van der Waals surface area contributed by atoms with Crippen LogP contribution >= 0.6 is 11.6 Å². The lowest BCUT2D eigenvalue weighted by Gasteiger charge is -2.39. The quantitative estimate of drug-likeness (QED) is 0.901. The number of alkyl halides is 3. The Kier molecular flexibility index (Phi) is 3.91. The molecule has 0 unspecified atom stereocenters. The zero-order valence-corrected chi connectivity index (χ0v) is 13.0. The summed E-state index contributed by atoms with van der Waals surface area (Å²) in [6.07, 6.45) is -3.81. The summed E-state index contributed by atoms with van der Waals surface area (Å²) >= 11 is 6.11. The number of nitrogens with one attached hydrogen (secondary N) is 1. The van der Waals surface area contributed by atoms with Crippen molar-refractivity contribution in [3.63, 3.8) is 0 Å². The number of H-pyrrole nitrogens is 1. The molecule has 1 N–H and O–H groups in total. The number of hydrogen-bond donors (Lipinski definition) is 1. The van der Waals surface area contributed by atoms with Gasteiger partial charge in [0.1, 0.15) is 13.2 Å². The standard InChI is InChI=1S/C15H14ClF3N2O2/c1-2-8-6-23-14-11(21(8)7-15(17,18)19)4-3-10-13(14)9(16)5-12(22)20-10/h3-5,8H,2,6-7H2,1H3,(H,20,22)/t8-/m1/s1. The number of aromatic nitrogens is 1. The van der Waals surface area contributed by atoms with Gasteiger partial charge in [0, 0.05) is 6.07 Å². The Bertz CT molecular complexity index is 804. The lowest BCUT2D eigenvalue weighted by atomic mass is 10.1. The smallest absolute Gasteiger partial charge is 0.405 e. The predicted molar refractivity (Wildman–Crippen MR) is 82.6 cm³/mol. The van der Waals surface area contributed by atoms with Crippen LogP contribution in [0.2, 0.25) is 5.02 Å². The van der Waals surface area contributed by atoms with Crippen LogP contribution in [-0.4, -0.2) is 30.4 Å². The van der Waals surface area contributed by atoms with E-state index in [4.69, 9.17) is 16.3 Å². The molecule has 1 atom stereocenters. The number of nitrogens with zero attached hydrogens (tertiary/aromatic N) is 1. The molecule has 2 heterocycles. The van der Waals surface area contributed by atoms with E-state index in [0.29, 0.717) is 23.0 Å². The molecular weight excluding hydrogens is 333 g/mol. The highest BCUT2D eigenvalue weighted by Crippen LogP contribution is 2.43. The second-order valence-corrected chi connectivity index (χ2v) is 5.84. The van der Waals surface area contributed by atoms with Crippen molar-refractivity contribution >= 4 is 28.2 Å². The van der Waals surface area contributed by atoms with Crippen molar-refractivity contribution in [2.24, 2.45) is 0 Å². The van der Waals surface area contributed by atoms with Crippen LogP contribution in [0.1, 0.15) is 13.3 Å². The molecule has 1 aliphatic heterocycles. The van der Waals surface area contributed by atoms with Gasteiger partial charge in [0.05, 0.1) is 27.7 Å². The molecule has 0 saturated heterocycles. The van der Waals surface area contributed by atoms with Gasteiger partial charge >= 0.3 is 6.18 Å². The summed E-state index contributed by atoms with van der Waals surface area (Å²) in [7, 11) is 0. The molecule has 0 spiro atoms. The molecule has 23 heavy (non-hydrogen) atoms. The average molecular weight is 347 g/mol.